The summed E-state index contributed by atoms with van der Waals surface area (Å²) in [7, 11) is 0. The molecule has 0 radical (unpaired) electrons. The highest BCUT2D eigenvalue weighted by Gasteiger charge is 2.17. The molecule has 4 nitrogen and oxygen atoms in total. The highest BCUT2D eigenvalue weighted by molar-refractivity contribution is 5.85. The van der Waals surface area contributed by atoms with Crippen LogP contribution in [0.4, 0.5) is 0 Å². The molecule has 1 aliphatic carbocycles. The number of rotatable bonds is 6. The Morgan fingerprint density at radius 3 is 2.79 bits per heavy atom. The lowest BCUT2D eigenvalue weighted by atomic mass is 10.1. The highest BCUT2D eigenvalue weighted by atomic mass is 35.5. The van der Waals surface area contributed by atoms with Crippen molar-refractivity contribution in [1.82, 2.24) is 10.6 Å². The first-order valence-electron chi connectivity index (χ1n) is 9.05. The van der Waals surface area contributed by atoms with E-state index in [-0.39, 0.29) is 18.3 Å². The van der Waals surface area contributed by atoms with Crippen LogP contribution in [0.3, 0.4) is 0 Å². The molecule has 0 spiro atoms. The van der Waals surface area contributed by atoms with Crippen LogP contribution < -0.4 is 15.4 Å². The van der Waals surface area contributed by atoms with Gasteiger partial charge in [-0.2, -0.15) is 0 Å². The fraction of sp³-hybridized carbons (Fsp3) is 0.632. The molecular formula is C19H29ClN2O2. The van der Waals surface area contributed by atoms with E-state index in [1.165, 1.54) is 31.2 Å². The molecular weight excluding hydrogens is 324 g/mol. The second-order valence-corrected chi connectivity index (χ2v) is 6.78. The number of benzene rings is 1. The molecule has 0 aromatic heterocycles. The van der Waals surface area contributed by atoms with Crippen molar-refractivity contribution < 1.29 is 9.53 Å². The van der Waals surface area contributed by atoms with Crippen LogP contribution >= 0.6 is 12.4 Å². The van der Waals surface area contributed by atoms with Crippen molar-refractivity contribution >= 4 is 18.3 Å². The summed E-state index contributed by atoms with van der Waals surface area (Å²) >= 11 is 0. The lowest BCUT2D eigenvalue weighted by Gasteiger charge is -2.23. The van der Waals surface area contributed by atoms with Crippen molar-refractivity contribution in [3.63, 3.8) is 0 Å². The number of hydrogen-bond acceptors (Lipinski definition) is 3. The lowest BCUT2D eigenvalue weighted by molar-refractivity contribution is -0.121. The summed E-state index contributed by atoms with van der Waals surface area (Å²) in [5, 5.41) is 6.45. The number of ether oxygens (including phenoxy) is 1. The van der Waals surface area contributed by atoms with Gasteiger partial charge in [0.05, 0.1) is 6.10 Å². The van der Waals surface area contributed by atoms with Crippen LogP contribution in [0.5, 0.6) is 5.75 Å². The number of halogens is 1. The monoisotopic (exact) mass is 352 g/mol. The molecule has 1 aliphatic heterocycles. The summed E-state index contributed by atoms with van der Waals surface area (Å²) in [4.78, 5) is 12.1. The smallest absolute Gasteiger partial charge is 0.220 e. The lowest BCUT2D eigenvalue weighted by Crippen LogP contribution is -2.45. The largest absolute Gasteiger partial charge is 0.490 e. The quantitative estimate of drug-likeness (QED) is 0.826. The Hall–Kier alpha value is -1.26. The van der Waals surface area contributed by atoms with Gasteiger partial charge in [-0.1, -0.05) is 12.1 Å². The summed E-state index contributed by atoms with van der Waals surface area (Å²) in [6, 6.07) is 8.52. The number of amides is 1. The van der Waals surface area contributed by atoms with E-state index in [4.69, 9.17) is 4.74 Å². The van der Waals surface area contributed by atoms with Crippen molar-refractivity contribution in [3.05, 3.63) is 29.8 Å². The zero-order valence-electron chi connectivity index (χ0n) is 14.3. The van der Waals surface area contributed by atoms with E-state index in [0.29, 0.717) is 18.6 Å². The van der Waals surface area contributed by atoms with Crippen LogP contribution in [0.2, 0.25) is 0 Å². The molecule has 1 amide bonds. The van der Waals surface area contributed by atoms with Gasteiger partial charge in [-0.3, -0.25) is 4.79 Å². The van der Waals surface area contributed by atoms with E-state index in [2.05, 4.69) is 22.8 Å². The molecule has 2 fully saturated rings. The Morgan fingerprint density at radius 2 is 2.04 bits per heavy atom. The van der Waals surface area contributed by atoms with Gasteiger partial charge in [-0.05, 0) is 69.2 Å². The number of aryl methyl sites for hydroxylation is 1. The van der Waals surface area contributed by atoms with Gasteiger partial charge in [-0.15, -0.1) is 12.4 Å². The number of carbonyl (C=O) groups excluding carboxylic acids is 1. The molecule has 0 bridgehead atoms. The first-order chi connectivity index (χ1) is 11.3. The zero-order valence-corrected chi connectivity index (χ0v) is 15.1. The van der Waals surface area contributed by atoms with E-state index < -0.39 is 0 Å². The second-order valence-electron chi connectivity index (χ2n) is 6.78. The standard InChI is InChI=1S/C19H28N2O2.ClH/c22-19(21-16-6-4-12-20-14-16)11-10-15-5-3-9-18(13-15)23-17-7-1-2-8-17;/h3,5,9,13,16-17,20H,1-2,4,6-8,10-12,14H2,(H,21,22);1H. The van der Waals surface area contributed by atoms with Gasteiger partial charge >= 0.3 is 0 Å². The van der Waals surface area contributed by atoms with Gasteiger partial charge in [0.15, 0.2) is 0 Å². The Labute approximate surface area is 151 Å². The maximum atomic E-state index is 12.1. The summed E-state index contributed by atoms with van der Waals surface area (Å²) in [5.41, 5.74) is 1.18. The highest BCUT2D eigenvalue weighted by Crippen LogP contribution is 2.24. The number of piperidine rings is 1. The van der Waals surface area contributed by atoms with Gasteiger partial charge in [0.2, 0.25) is 5.91 Å². The summed E-state index contributed by atoms with van der Waals surface area (Å²) in [6.45, 7) is 1.97. The minimum Gasteiger partial charge on any atom is -0.490 e. The summed E-state index contributed by atoms with van der Waals surface area (Å²) in [6.07, 6.45) is 8.82. The average Bonchev–Trinajstić information content (AvgIpc) is 3.07. The van der Waals surface area contributed by atoms with Gasteiger partial charge in [0, 0.05) is 19.0 Å². The normalized spacial score (nSPS) is 21.1. The Kier molecular flexibility index (Phi) is 7.86. The van der Waals surface area contributed by atoms with Crippen molar-refractivity contribution in [2.45, 2.75) is 63.5 Å². The first kappa shape index (κ1) is 19.1. The van der Waals surface area contributed by atoms with Crippen LogP contribution in [-0.4, -0.2) is 31.1 Å². The van der Waals surface area contributed by atoms with E-state index >= 15 is 0 Å². The third-order valence-electron chi connectivity index (χ3n) is 4.81. The molecule has 1 aromatic rings. The van der Waals surface area contributed by atoms with Crippen LogP contribution in [0.15, 0.2) is 24.3 Å². The molecule has 2 N–H and O–H groups in total. The third kappa shape index (κ3) is 5.99. The van der Waals surface area contributed by atoms with E-state index in [1.807, 2.05) is 12.1 Å². The van der Waals surface area contributed by atoms with Gasteiger partial charge in [0.1, 0.15) is 5.75 Å². The van der Waals surface area contributed by atoms with Gasteiger partial charge in [0.25, 0.3) is 0 Å². The van der Waals surface area contributed by atoms with Crippen LogP contribution in [0, 0.1) is 0 Å². The average molecular weight is 353 g/mol. The fourth-order valence-electron chi connectivity index (χ4n) is 3.51. The molecule has 24 heavy (non-hydrogen) atoms. The minimum atomic E-state index is 0. The molecule has 134 valence electrons. The van der Waals surface area contributed by atoms with Gasteiger partial charge in [-0.25, -0.2) is 0 Å². The Balaban J connectivity index is 0.00000208. The number of carbonyl (C=O) groups is 1. The van der Waals surface area contributed by atoms with E-state index in [1.54, 1.807) is 0 Å². The fourth-order valence-corrected chi connectivity index (χ4v) is 3.51. The van der Waals surface area contributed by atoms with E-state index in [0.717, 1.165) is 38.1 Å². The van der Waals surface area contributed by atoms with Crippen molar-refractivity contribution in [2.24, 2.45) is 0 Å². The Bertz CT molecular complexity index is 512. The molecule has 5 heteroatoms. The van der Waals surface area contributed by atoms with Crippen molar-refractivity contribution in [2.75, 3.05) is 13.1 Å². The maximum absolute atomic E-state index is 12.1. The SMILES string of the molecule is Cl.O=C(CCc1cccc(OC2CCCC2)c1)NC1CCCNC1. The van der Waals surface area contributed by atoms with Gasteiger partial charge < -0.3 is 15.4 Å². The molecule has 1 unspecified atom stereocenters. The topological polar surface area (TPSA) is 50.4 Å². The molecule has 1 heterocycles. The van der Waals surface area contributed by atoms with Crippen LogP contribution in [-0.2, 0) is 11.2 Å². The molecule has 1 saturated carbocycles. The van der Waals surface area contributed by atoms with Crippen molar-refractivity contribution in [1.29, 1.82) is 0 Å². The second kappa shape index (κ2) is 9.90. The molecule has 1 atom stereocenters. The molecule has 2 aliphatic rings. The molecule has 3 rings (SSSR count). The molecule has 1 saturated heterocycles. The predicted molar refractivity (Wildman–Crippen MR) is 98.9 cm³/mol. The number of nitrogens with one attached hydrogen (secondary N) is 2. The minimum absolute atomic E-state index is 0. The molecule has 1 aromatic carbocycles. The maximum Gasteiger partial charge on any atom is 0.220 e. The van der Waals surface area contributed by atoms with Crippen LogP contribution in [0.25, 0.3) is 0 Å². The first-order valence-corrected chi connectivity index (χ1v) is 9.05. The summed E-state index contributed by atoms with van der Waals surface area (Å²) in [5.74, 6) is 1.10. The zero-order chi connectivity index (χ0) is 15.9. The number of hydrogen-bond donors (Lipinski definition) is 2. The van der Waals surface area contributed by atoms with Crippen LogP contribution in [0.1, 0.15) is 50.5 Å². The predicted octanol–water partition coefficient (Wildman–Crippen LogP) is 3.23. The third-order valence-corrected chi connectivity index (χ3v) is 4.81. The van der Waals surface area contributed by atoms with E-state index in [9.17, 15) is 4.79 Å². The Morgan fingerprint density at radius 1 is 1.21 bits per heavy atom. The van der Waals surface area contributed by atoms with Crippen molar-refractivity contribution in [3.8, 4) is 5.75 Å². The summed E-state index contributed by atoms with van der Waals surface area (Å²) < 4.78 is 6.04.